The fourth-order valence-corrected chi connectivity index (χ4v) is 6.60. The molecule has 0 aromatic heterocycles. The molecule has 0 aromatic carbocycles. The molecule has 4 fully saturated rings. The summed E-state index contributed by atoms with van der Waals surface area (Å²) in [6, 6.07) is 0. The van der Waals surface area contributed by atoms with E-state index in [1.165, 1.54) is 0 Å². The first-order chi connectivity index (χ1) is 11.9. The summed E-state index contributed by atoms with van der Waals surface area (Å²) in [4.78, 5) is 25.8. The summed E-state index contributed by atoms with van der Waals surface area (Å²) in [5.74, 6) is 0.901. The van der Waals surface area contributed by atoms with E-state index in [9.17, 15) is 9.59 Å². The van der Waals surface area contributed by atoms with E-state index in [-0.39, 0.29) is 45.6 Å². The summed E-state index contributed by atoms with van der Waals surface area (Å²) in [6.45, 7) is 13.7. The molecule has 4 heteroatoms. The van der Waals surface area contributed by atoms with Gasteiger partial charge in [-0.25, -0.2) is 0 Å². The van der Waals surface area contributed by atoms with Gasteiger partial charge in [0.05, 0.1) is 17.4 Å². The van der Waals surface area contributed by atoms with Gasteiger partial charge in [0.1, 0.15) is 6.10 Å². The highest BCUT2D eigenvalue weighted by atomic mass is 16.6. The summed E-state index contributed by atoms with van der Waals surface area (Å²) < 4.78 is 11.6. The molecule has 4 aliphatic rings. The summed E-state index contributed by atoms with van der Waals surface area (Å²) in [5.41, 5.74) is -0.652. The third kappa shape index (κ3) is 2.39. The Balaban J connectivity index is 1.55. The van der Waals surface area contributed by atoms with Gasteiger partial charge in [-0.05, 0) is 54.8 Å². The summed E-state index contributed by atoms with van der Waals surface area (Å²) in [5, 5.41) is 0. The fraction of sp³-hybridized carbons (Fsp3) is 0.909. The minimum Gasteiger partial charge on any atom is -0.465 e. The van der Waals surface area contributed by atoms with Crippen LogP contribution in [0.5, 0.6) is 0 Å². The van der Waals surface area contributed by atoms with Crippen LogP contribution in [0.4, 0.5) is 0 Å². The van der Waals surface area contributed by atoms with E-state index >= 15 is 0 Å². The predicted molar refractivity (Wildman–Crippen MR) is 98.2 cm³/mol. The average molecular weight is 363 g/mol. The van der Waals surface area contributed by atoms with Crippen LogP contribution in [0.2, 0.25) is 0 Å². The Labute approximate surface area is 157 Å². The van der Waals surface area contributed by atoms with Gasteiger partial charge < -0.3 is 9.47 Å². The lowest BCUT2D eigenvalue weighted by Gasteiger charge is -2.39. The maximum atomic E-state index is 13.3. The standard InChI is InChI=1S/C22H34O4/c1-13-14-9-15(21(10-14)7-8-25-17(21)23)16(13)26-18(24)22(11-19(2,3)4)12-20(22,5)6/h13-16H,7-12H2,1-6H3. The molecule has 3 saturated carbocycles. The predicted octanol–water partition coefficient (Wildman–Crippen LogP) is 4.36. The highest BCUT2D eigenvalue weighted by Gasteiger charge is 2.70. The van der Waals surface area contributed by atoms with Crippen molar-refractivity contribution in [2.24, 2.45) is 39.4 Å². The minimum absolute atomic E-state index is 0.00218. The second-order valence-electron chi connectivity index (χ2n) is 11.5. The van der Waals surface area contributed by atoms with Crippen LogP contribution in [0.15, 0.2) is 0 Å². The molecule has 6 atom stereocenters. The monoisotopic (exact) mass is 362 g/mol. The number of hydrogen-bond acceptors (Lipinski definition) is 4. The van der Waals surface area contributed by atoms with Crippen molar-refractivity contribution in [3.63, 3.8) is 0 Å². The van der Waals surface area contributed by atoms with Gasteiger partial charge in [-0.2, -0.15) is 0 Å². The van der Waals surface area contributed by atoms with Crippen LogP contribution in [0.25, 0.3) is 0 Å². The van der Waals surface area contributed by atoms with Crippen molar-refractivity contribution < 1.29 is 19.1 Å². The zero-order valence-corrected chi connectivity index (χ0v) is 17.2. The smallest absolute Gasteiger partial charge is 0.312 e. The Hall–Kier alpha value is -1.06. The number of carbonyl (C=O) groups is 2. The van der Waals surface area contributed by atoms with Crippen molar-refractivity contribution in [1.82, 2.24) is 0 Å². The van der Waals surface area contributed by atoms with E-state index in [0.29, 0.717) is 18.4 Å². The Bertz CT molecular complexity index is 645. The van der Waals surface area contributed by atoms with Gasteiger partial charge in [0.25, 0.3) is 0 Å². The highest BCUT2D eigenvalue weighted by molar-refractivity contribution is 5.83. The van der Waals surface area contributed by atoms with Gasteiger partial charge in [0.2, 0.25) is 0 Å². The Morgan fingerprint density at radius 2 is 1.96 bits per heavy atom. The molecule has 1 aliphatic heterocycles. The van der Waals surface area contributed by atoms with Crippen molar-refractivity contribution in [3.05, 3.63) is 0 Å². The molecule has 146 valence electrons. The molecular formula is C22H34O4. The van der Waals surface area contributed by atoms with E-state index in [1.54, 1.807) is 0 Å². The van der Waals surface area contributed by atoms with Crippen LogP contribution in [0.3, 0.4) is 0 Å². The fourth-order valence-electron chi connectivity index (χ4n) is 6.60. The molecule has 2 bridgehead atoms. The minimum atomic E-state index is -0.377. The first kappa shape index (κ1) is 18.3. The van der Waals surface area contributed by atoms with Gasteiger partial charge in [-0.15, -0.1) is 0 Å². The lowest BCUT2D eigenvalue weighted by Crippen LogP contribution is -2.46. The second-order valence-corrected chi connectivity index (χ2v) is 11.5. The van der Waals surface area contributed by atoms with Crippen LogP contribution in [-0.4, -0.2) is 24.6 Å². The third-order valence-corrected chi connectivity index (χ3v) is 8.12. The van der Waals surface area contributed by atoms with Crippen LogP contribution in [0.1, 0.15) is 73.6 Å². The number of rotatable bonds is 3. The zero-order chi connectivity index (χ0) is 19.1. The number of carbonyl (C=O) groups excluding carboxylic acids is 2. The molecular weight excluding hydrogens is 328 g/mol. The molecule has 1 spiro atoms. The van der Waals surface area contributed by atoms with Gasteiger partial charge in [-0.3, -0.25) is 9.59 Å². The molecule has 0 aromatic rings. The number of fused-ring (bicyclic) bond motifs is 3. The number of hydrogen-bond donors (Lipinski definition) is 0. The van der Waals surface area contributed by atoms with E-state index in [1.807, 2.05) is 0 Å². The average Bonchev–Trinajstić information content (AvgIpc) is 2.89. The summed E-state index contributed by atoms with van der Waals surface area (Å²) in [6.07, 6.45) is 4.35. The van der Waals surface area contributed by atoms with E-state index in [0.717, 1.165) is 32.1 Å². The molecule has 4 rings (SSSR count). The molecule has 26 heavy (non-hydrogen) atoms. The van der Waals surface area contributed by atoms with Crippen molar-refractivity contribution in [1.29, 1.82) is 0 Å². The van der Waals surface area contributed by atoms with Crippen LogP contribution in [0, 0.1) is 39.4 Å². The topological polar surface area (TPSA) is 52.6 Å². The van der Waals surface area contributed by atoms with Crippen LogP contribution < -0.4 is 0 Å². The first-order valence-electron chi connectivity index (χ1n) is 10.3. The Morgan fingerprint density at radius 1 is 1.31 bits per heavy atom. The van der Waals surface area contributed by atoms with Gasteiger partial charge >= 0.3 is 11.9 Å². The maximum absolute atomic E-state index is 13.3. The van der Waals surface area contributed by atoms with E-state index < -0.39 is 0 Å². The maximum Gasteiger partial charge on any atom is 0.312 e. The SMILES string of the molecule is CC1C2CC(C1OC(=O)C1(CC(C)(C)C)CC1(C)C)C1(CCOC1=O)C2. The molecule has 6 unspecified atom stereocenters. The van der Waals surface area contributed by atoms with Crippen molar-refractivity contribution >= 4 is 11.9 Å². The van der Waals surface area contributed by atoms with E-state index in [4.69, 9.17) is 9.47 Å². The number of ether oxygens (including phenoxy) is 2. The molecule has 0 radical (unpaired) electrons. The summed E-state index contributed by atoms with van der Waals surface area (Å²) in [7, 11) is 0. The summed E-state index contributed by atoms with van der Waals surface area (Å²) >= 11 is 0. The van der Waals surface area contributed by atoms with Crippen LogP contribution in [-0.2, 0) is 19.1 Å². The van der Waals surface area contributed by atoms with Gasteiger partial charge in [0, 0.05) is 5.92 Å². The molecule has 0 amide bonds. The number of esters is 2. The Kier molecular flexibility index (Phi) is 3.70. The van der Waals surface area contributed by atoms with Crippen LogP contribution >= 0.6 is 0 Å². The van der Waals surface area contributed by atoms with Crippen molar-refractivity contribution in [2.75, 3.05) is 6.61 Å². The second kappa shape index (κ2) is 5.26. The molecule has 1 heterocycles. The number of cyclic esters (lactones) is 1. The van der Waals surface area contributed by atoms with Gasteiger partial charge in [0.15, 0.2) is 0 Å². The largest absolute Gasteiger partial charge is 0.465 e. The van der Waals surface area contributed by atoms with Crippen molar-refractivity contribution in [3.8, 4) is 0 Å². The first-order valence-corrected chi connectivity index (χ1v) is 10.3. The van der Waals surface area contributed by atoms with E-state index in [2.05, 4.69) is 41.5 Å². The highest BCUT2D eigenvalue weighted by Crippen LogP contribution is 2.69. The third-order valence-electron chi connectivity index (χ3n) is 8.12. The van der Waals surface area contributed by atoms with Crippen molar-refractivity contribution in [2.45, 2.75) is 79.8 Å². The lowest BCUT2D eigenvalue weighted by molar-refractivity contribution is -0.172. The molecule has 0 N–H and O–H groups in total. The molecule has 4 nitrogen and oxygen atoms in total. The lowest BCUT2D eigenvalue weighted by atomic mass is 9.68. The molecule has 3 aliphatic carbocycles. The quantitative estimate of drug-likeness (QED) is 0.700. The normalized spacial score (nSPS) is 45.8. The molecule has 1 saturated heterocycles. The van der Waals surface area contributed by atoms with Gasteiger partial charge in [-0.1, -0.05) is 41.5 Å². The zero-order valence-electron chi connectivity index (χ0n) is 17.2. The Morgan fingerprint density at radius 3 is 2.42 bits per heavy atom.